The van der Waals surface area contributed by atoms with Crippen LogP contribution in [0.25, 0.3) is 0 Å². The summed E-state index contributed by atoms with van der Waals surface area (Å²) in [4.78, 5) is 23.0. The van der Waals surface area contributed by atoms with Crippen molar-refractivity contribution in [1.29, 1.82) is 0 Å². The van der Waals surface area contributed by atoms with Crippen molar-refractivity contribution in [2.24, 2.45) is 11.8 Å². The first kappa shape index (κ1) is 12.6. The van der Waals surface area contributed by atoms with Gasteiger partial charge in [-0.1, -0.05) is 18.0 Å². The van der Waals surface area contributed by atoms with E-state index < -0.39 is 17.8 Å². The highest BCUT2D eigenvalue weighted by atomic mass is 16.5. The van der Waals surface area contributed by atoms with Gasteiger partial charge in [0.05, 0.1) is 0 Å². The van der Waals surface area contributed by atoms with Gasteiger partial charge in [0.1, 0.15) is 5.76 Å². The van der Waals surface area contributed by atoms with Crippen LogP contribution in [0.15, 0.2) is 10.6 Å². The van der Waals surface area contributed by atoms with Crippen LogP contribution in [0.5, 0.6) is 0 Å². The molecule has 18 heavy (non-hydrogen) atoms. The smallest absolute Gasteiger partial charge is 0.229 e. The summed E-state index contributed by atoms with van der Waals surface area (Å²) in [6, 6.07) is 1.59. The van der Waals surface area contributed by atoms with E-state index in [4.69, 9.17) is 4.52 Å². The molecule has 6 nitrogen and oxygen atoms in total. The Bertz CT molecular complexity index is 455. The third kappa shape index (κ3) is 2.69. The zero-order valence-electron chi connectivity index (χ0n) is 10.1. The molecule has 6 heteroatoms. The van der Waals surface area contributed by atoms with Crippen molar-refractivity contribution in [3.63, 3.8) is 0 Å². The number of aromatic nitrogens is 1. The molecule has 1 amide bonds. The number of hydrogen-bond acceptors (Lipinski definition) is 5. The molecule has 0 aromatic carbocycles. The van der Waals surface area contributed by atoms with E-state index >= 15 is 0 Å². The van der Waals surface area contributed by atoms with Gasteiger partial charge in [0.2, 0.25) is 5.91 Å². The van der Waals surface area contributed by atoms with Crippen molar-refractivity contribution in [3.05, 3.63) is 11.8 Å². The molecule has 1 aromatic heterocycles. The van der Waals surface area contributed by atoms with E-state index in [0.717, 1.165) is 12.8 Å². The molecular formula is C12H15N2O4-. The second-order valence-corrected chi connectivity index (χ2v) is 4.63. The van der Waals surface area contributed by atoms with E-state index in [1.165, 1.54) is 0 Å². The average Bonchev–Trinajstić information content (AvgIpc) is 2.74. The van der Waals surface area contributed by atoms with E-state index in [1.807, 2.05) is 0 Å². The Labute approximate surface area is 104 Å². The van der Waals surface area contributed by atoms with Gasteiger partial charge in [-0.3, -0.25) is 4.79 Å². The monoisotopic (exact) mass is 251 g/mol. The molecule has 1 aliphatic carbocycles. The summed E-state index contributed by atoms with van der Waals surface area (Å²) < 4.78 is 4.83. The number of carbonyl (C=O) groups excluding carboxylic acids is 2. The summed E-state index contributed by atoms with van der Waals surface area (Å²) in [5.74, 6) is -1.80. The Kier molecular flexibility index (Phi) is 3.64. The predicted octanol–water partition coefficient (Wildman–Crippen LogP) is 0.478. The molecule has 1 heterocycles. The number of hydrogen-bond donors (Lipinski definition) is 1. The molecule has 98 valence electrons. The van der Waals surface area contributed by atoms with E-state index in [9.17, 15) is 14.7 Å². The fourth-order valence-corrected chi connectivity index (χ4v) is 2.37. The SMILES string of the molecule is Cc1cc(NC(=O)[C@H]2CCCC[C@@H]2C(=O)[O-])no1. The van der Waals surface area contributed by atoms with Gasteiger partial charge in [0.15, 0.2) is 5.82 Å². The molecule has 1 saturated carbocycles. The number of carbonyl (C=O) groups is 2. The van der Waals surface area contributed by atoms with E-state index in [-0.39, 0.29) is 5.91 Å². The van der Waals surface area contributed by atoms with Crippen molar-refractivity contribution < 1.29 is 19.2 Å². The molecule has 2 atom stereocenters. The third-order valence-corrected chi connectivity index (χ3v) is 3.28. The Morgan fingerprint density at radius 3 is 2.61 bits per heavy atom. The lowest BCUT2D eigenvalue weighted by Crippen LogP contribution is -2.42. The molecule has 0 aliphatic heterocycles. The van der Waals surface area contributed by atoms with Gasteiger partial charge in [-0.25, -0.2) is 0 Å². The van der Waals surface area contributed by atoms with Crippen LogP contribution >= 0.6 is 0 Å². The van der Waals surface area contributed by atoms with E-state index in [0.29, 0.717) is 24.4 Å². The van der Waals surface area contributed by atoms with Crippen molar-refractivity contribution in [1.82, 2.24) is 5.16 Å². The van der Waals surface area contributed by atoms with Crippen molar-refractivity contribution in [2.45, 2.75) is 32.6 Å². The zero-order valence-corrected chi connectivity index (χ0v) is 10.1. The zero-order chi connectivity index (χ0) is 13.1. The Morgan fingerprint density at radius 2 is 2.06 bits per heavy atom. The first-order chi connectivity index (χ1) is 8.58. The van der Waals surface area contributed by atoms with Gasteiger partial charge in [0.25, 0.3) is 0 Å². The van der Waals surface area contributed by atoms with Gasteiger partial charge < -0.3 is 19.7 Å². The number of nitrogens with zero attached hydrogens (tertiary/aromatic N) is 1. The fraction of sp³-hybridized carbons (Fsp3) is 0.583. The Balaban J connectivity index is 2.04. The summed E-state index contributed by atoms with van der Waals surface area (Å²) in [7, 11) is 0. The second-order valence-electron chi connectivity index (χ2n) is 4.63. The highest BCUT2D eigenvalue weighted by molar-refractivity contribution is 5.94. The summed E-state index contributed by atoms with van der Waals surface area (Å²) in [6.45, 7) is 1.72. The van der Waals surface area contributed by atoms with Crippen molar-refractivity contribution in [3.8, 4) is 0 Å². The minimum absolute atomic E-state index is 0.320. The van der Waals surface area contributed by atoms with Crippen LogP contribution in [-0.4, -0.2) is 17.0 Å². The average molecular weight is 251 g/mol. The maximum Gasteiger partial charge on any atom is 0.229 e. The largest absolute Gasteiger partial charge is 0.550 e. The van der Waals surface area contributed by atoms with Crippen LogP contribution in [0, 0.1) is 18.8 Å². The Hall–Kier alpha value is -1.85. The lowest BCUT2D eigenvalue weighted by atomic mass is 9.79. The number of rotatable bonds is 3. The lowest BCUT2D eigenvalue weighted by Gasteiger charge is -2.30. The van der Waals surface area contributed by atoms with Crippen LogP contribution in [0.1, 0.15) is 31.4 Å². The van der Waals surface area contributed by atoms with Gasteiger partial charge in [-0.05, 0) is 19.8 Å². The number of nitrogens with one attached hydrogen (secondary N) is 1. The van der Waals surface area contributed by atoms with Crippen molar-refractivity contribution in [2.75, 3.05) is 5.32 Å². The molecule has 0 radical (unpaired) electrons. The predicted molar refractivity (Wildman–Crippen MR) is 60.3 cm³/mol. The maximum absolute atomic E-state index is 12.0. The highest BCUT2D eigenvalue weighted by Crippen LogP contribution is 2.30. The minimum Gasteiger partial charge on any atom is -0.550 e. The molecular weight excluding hydrogens is 236 g/mol. The normalized spacial score (nSPS) is 23.6. The molecule has 1 fully saturated rings. The number of anilines is 1. The van der Waals surface area contributed by atoms with Crippen LogP contribution in [0.3, 0.4) is 0 Å². The van der Waals surface area contributed by atoms with E-state index in [1.54, 1.807) is 13.0 Å². The first-order valence-corrected chi connectivity index (χ1v) is 6.03. The van der Waals surface area contributed by atoms with Crippen LogP contribution in [0.4, 0.5) is 5.82 Å². The lowest BCUT2D eigenvalue weighted by molar-refractivity contribution is -0.313. The first-order valence-electron chi connectivity index (χ1n) is 6.03. The summed E-state index contributed by atoms with van der Waals surface area (Å²) in [5, 5.41) is 17.2. The van der Waals surface area contributed by atoms with Gasteiger partial charge >= 0.3 is 0 Å². The molecule has 1 aliphatic rings. The quantitative estimate of drug-likeness (QED) is 0.842. The minimum atomic E-state index is -1.15. The standard InChI is InChI=1S/C12H16N2O4/c1-7-6-10(14-18-7)13-11(15)8-4-2-3-5-9(8)12(16)17/h6,8-9H,2-5H2,1H3,(H,16,17)(H,13,14,15)/p-1/t8-,9-/m0/s1. The molecule has 2 rings (SSSR count). The van der Waals surface area contributed by atoms with Crippen molar-refractivity contribution >= 4 is 17.7 Å². The number of aliphatic carboxylic acids is 1. The maximum atomic E-state index is 12.0. The number of amides is 1. The molecule has 1 aromatic rings. The third-order valence-electron chi connectivity index (χ3n) is 3.28. The molecule has 0 bridgehead atoms. The Morgan fingerprint density at radius 1 is 1.39 bits per heavy atom. The second kappa shape index (κ2) is 5.20. The number of aryl methyl sites for hydroxylation is 1. The van der Waals surface area contributed by atoms with Crippen LogP contribution in [-0.2, 0) is 9.59 Å². The van der Waals surface area contributed by atoms with Gasteiger partial charge in [-0.2, -0.15) is 0 Å². The van der Waals surface area contributed by atoms with Gasteiger partial charge in [-0.15, -0.1) is 0 Å². The fourth-order valence-electron chi connectivity index (χ4n) is 2.37. The highest BCUT2D eigenvalue weighted by Gasteiger charge is 2.32. The topological polar surface area (TPSA) is 95.3 Å². The molecule has 0 unspecified atom stereocenters. The van der Waals surface area contributed by atoms with Gasteiger partial charge in [0, 0.05) is 23.9 Å². The van der Waals surface area contributed by atoms with Crippen LogP contribution in [0.2, 0.25) is 0 Å². The number of carboxylic acid groups (broad SMARTS) is 1. The summed E-state index contributed by atoms with van der Waals surface area (Å²) in [5.41, 5.74) is 0. The molecule has 0 saturated heterocycles. The summed E-state index contributed by atoms with van der Waals surface area (Å²) in [6.07, 6.45) is 2.75. The number of carboxylic acids is 1. The van der Waals surface area contributed by atoms with E-state index in [2.05, 4.69) is 10.5 Å². The molecule has 1 N–H and O–H groups in total. The van der Waals surface area contributed by atoms with Crippen LogP contribution < -0.4 is 10.4 Å². The summed E-state index contributed by atoms with van der Waals surface area (Å²) >= 11 is 0. The molecule has 0 spiro atoms.